The van der Waals surface area contributed by atoms with E-state index in [2.05, 4.69) is 0 Å². The van der Waals surface area contributed by atoms with E-state index in [0.29, 0.717) is 12.0 Å². The number of esters is 1. The second-order valence-corrected chi connectivity index (χ2v) is 11.9. The zero-order chi connectivity index (χ0) is 34.7. The number of benzene rings is 3. The number of nitrogens with zero attached hydrogens (tertiary/aromatic N) is 2. The molecule has 0 bridgehead atoms. The molecule has 6 atom stereocenters. The van der Waals surface area contributed by atoms with E-state index in [1.165, 1.54) is 33.5 Å². The minimum absolute atomic E-state index is 0.0411. The van der Waals surface area contributed by atoms with E-state index in [4.69, 9.17) is 14.2 Å². The Bertz CT molecular complexity index is 1740. The second-order valence-electron chi connectivity index (χ2n) is 11.9. The second kappa shape index (κ2) is 14.4. The third-order valence-electron chi connectivity index (χ3n) is 9.40. The van der Waals surface area contributed by atoms with E-state index in [9.17, 15) is 28.8 Å². The van der Waals surface area contributed by atoms with Crippen LogP contribution in [0.15, 0.2) is 78.9 Å². The normalized spacial score (nSPS) is 22.3. The molecule has 4 amide bonds. The number of anilines is 2. The molecular weight excluding hydrogens is 616 g/mol. The minimum Gasteiger partial charge on any atom is -0.465 e. The van der Waals surface area contributed by atoms with Gasteiger partial charge >= 0.3 is 5.97 Å². The molecule has 3 aromatic carbocycles. The lowest BCUT2D eigenvalue weighted by Gasteiger charge is -2.28. The number of hydrogen-bond donors (Lipinski definition) is 0. The monoisotopic (exact) mass is 654 g/mol. The quantitative estimate of drug-likeness (QED) is 0.157. The van der Waals surface area contributed by atoms with Crippen LogP contribution >= 0.6 is 0 Å². The Morgan fingerprint density at radius 2 is 1.19 bits per heavy atom. The van der Waals surface area contributed by atoms with Crippen LogP contribution in [0.2, 0.25) is 0 Å². The molecule has 2 saturated heterocycles. The van der Waals surface area contributed by atoms with Gasteiger partial charge in [-0.3, -0.25) is 24.0 Å². The van der Waals surface area contributed by atoms with Gasteiger partial charge in [-0.15, -0.1) is 0 Å². The van der Waals surface area contributed by atoms with E-state index in [1.54, 1.807) is 73.7 Å². The number of ketones is 1. The number of hydrogen-bond acceptors (Lipinski definition) is 9. The molecule has 2 fully saturated rings. The predicted octanol–water partition coefficient (Wildman–Crippen LogP) is 4.47. The van der Waals surface area contributed by atoms with Crippen LogP contribution in [-0.4, -0.2) is 68.9 Å². The van der Waals surface area contributed by atoms with Gasteiger partial charge in [0, 0.05) is 25.3 Å². The van der Waals surface area contributed by atoms with Gasteiger partial charge in [-0.2, -0.15) is 0 Å². The van der Waals surface area contributed by atoms with Gasteiger partial charge < -0.3 is 14.2 Å². The Morgan fingerprint density at radius 3 is 1.77 bits per heavy atom. The van der Waals surface area contributed by atoms with Crippen LogP contribution in [0.4, 0.5) is 11.4 Å². The van der Waals surface area contributed by atoms with Crippen molar-refractivity contribution in [2.45, 2.75) is 38.9 Å². The summed E-state index contributed by atoms with van der Waals surface area (Å²) in [7, 11) is 4.05. The van der Waals surface area contributed by atoms with Crippen LogP contribution in [0.5, 0.6) is 0 Å². The average Bonchev–Trinajstić information content (AvgIpc) is 3.49. The number of methoxy groups -OCH3 is 3. The fourth-order valence-corrected chi connectivity index (χ4v) is 6.96. The SMILES string of the molecule is CCC(OC)C1C(=O)N(c2ccccc2C(=O)OC)C(=O)C1CC(OC)C1C(=O)N(c2ccccc2C(=O)c2ccccc2)C(=O)C1C. The van der Waals surface area contributed by atoms with E-state index >= 15 is 0 Å². The molecule has 5 rings (SSSR count). The zero-order valence-electron chi connectivity index (χ0n) is 27.5. The van der Waals surface area contributed by atoms with Gasteiger partial charge in [-0.1, -0.05) is 68.4 Å². The van der Waals surface area contributed by atoms with Gasteiger partial charge in [0.05, 0.1) is 59.9 Å². The Morgan fingerprint density at radius 1 is 0.667 bits per heavy atom. The molecule has 2 aliphatic rings. The highest BCUT2D eigenvalue weighted by atomic mass is 16.5. The van der Waals surface area contributed by atoms with Crippen molar-refractivity contribution in [1.82, 2.24) is 0 Å². The molecule has 2 aliphatic heterocycles. The smallest absolute Gasteiger partial charge is 0.339 e. The lowest BCUT2D eigenvalue weighted by Crippen LogP contribution is -2.39. The summed E-state index contributed by atoms with van der Waals surface area (Å²) >= 11 is 0. The van der Waals surface area contributed by atoms with Gasteiger partial charge in [0.25, 0.3) is 0 Å². The summed E-state index contributed by atoms with van der Waals surface area (Å²) in [6.45, 7) is 3.44. The molecule has 0 N–H and O–H groups in total. The van der Waals surface area contributed by atoms with Gasteiger partial charge in [-0.05, 0) is 37.1 Å². The third kappa shape index (κ3) is 5.95. The fraction of sp³-hybridized carbons (Fsp3) is 0.351. The van der Waals surface area contributed by atoms with Crippen LogP contribution in [0.25, 0.3) is 0 Å². The van der Waals surface area contributed by atoms with Crippen molar-refractivity contribution in [3.05, 3.63) is 95.6 Å². The number of imide groups is 2. The standard InChI is InChI=1S/C37H38N2O9/c1-6-28(46-3)31-25(34(42)39(36(31)44)27-19-13-11-17-24(27)37(45)48-5)20-29(47-4)30-21(2)33(41)38(35(30)43)26-18-12-10-16-23(26)32(40)22-14-8-7-9-15-22/h7-19,21,25,28-31H,6,20H2,1-5H3. The van der Waals surface area contributed by atoms with Crippen LogP contribution in [0.1, 0.15) is 53.0 Å². The molecule has 0 spiro atoms. The molecule has 2 heterocycles. The molecule has 0 aliphatic carbocycles. The highest BCUT2D eigenvalue weighted by Crippen LogP contribution is 2.43. The number of carbonyl (C=O) groups excluding carboxylic acids is 6. The first-order chi connectivity index (χ1) is 23.1. The highest BCUT2D eigenvalue weighted by molar-refractivity contribution is 6.26. The van der Waals surface area contributed by atoms with Gasteiger partial charge in [0.15, 0.2) is 5.78 Å². The summed E-state index contributed by atoms with van der Waals surface area (Å²) in [5, 5.41) is 0. The van der Waals surface area contributed by atoms with Gasteiger partial charge in [-0.25, -0.2) is 14.6 Å². The lowest BCUT2D eigenvalue weighted by molar-refractivity contribution is -0.130. The molecule has 6 unspecified atom stereocenters. The van der Waals surface area contributed by atoms with Crippen LogP contribution in [0, 0.1) is 23.7 Å². The maximum Gasteiger partial charge on any atom is 0.339 e. The average molecular weight is 655 g/mol. The minimum atomic E-state index is -1.02. The van der Waals surface area contributed by atoms with Crippen molar-refractivity contribution in [1.29, 1.82) is 0 Å². The number of rotatable bonds is 12. The number of ether oxygens (including phenoxy) is 3. The first kappa shape index (κ1) is 34.3. The van der Waals surface area contributed by atoms with Crippen molar-refractivity contribution in [3.63, 3.8) is 0 Å². The highest BCUT2D eigenvalue weighted by Gasteiger charge is 2.56. The summed E-state index contributed by atoms with van der Waals surface area (Å²) < 4.78 is 16.4. The fourth-order valence-electron chi connectivity index (χ4n) is 6.96. The first-order valence-electron chi connectivity index (χ1n) is 15.8. The Balaban J connectivity index is 1.50. The van der Waals surface area contributed by atoms with Crippen molar-refractivity contribution in [2.24, 2.45) is 23.7 Å². The van der Waals surface area contributed by atoms with Crippen LogP contribution in [-0.2, 0) is 33.4 Å². The Labute approximate surface area is 278 Å². The summed E-state index contributed by atoms with van der Waals surface area (Å²) in [5.41, 5.74) is 0.875. The largest absolute Gasteiger partial charge is 0.465 e. The lowest BCUT2D eigenvalue weighted by atomic mass is 9.80. The van der Waals surface area contributed by atoms with E-state index < -0.39 is 65.5 Å². The summed E-state index contributed by atoms with van der Waals surface area (Å²) in [6.07, 6.45) is -1.31. The molecule has 0 saturated carbocycles. The molecule has 11 nitrogen and oxygen atoms in total. The maximum atomic E-state index is 14.2. The van der Waals surface area contributed by atoms with E-state index in [-0.39, 0.29) is 34.7 Å². The summed E-state index contributed by atoms with van der Waals surface area (Å²) in [5.74, 6) is -7.14. The molecule has 3 aromatic rings. The number of para-hydroxylation sites is 2. The topological polar surface area (TPSA) is 137 Å². The molecule has 48 heavy (non-hydrogen) atoms. The van der Waals surface area contributed by atoms with Gasteiger partial charge in [0.1, 0.15) is 0 Å². The molecule has 0 aromatic heterocycles. The number of carbonyl (C=O) groups is 6. The van der Waals surface area contributed by atoms with Crippen LogP contribution in [0.3, 0.4) is 0 Å². The zero-order valence-corrected chi connectivity index (χ0v) is 27.5. The molecule has 0 radical (unpaired) electrons. The van der Waals surface area contributed by atoms with E-state index in [0.717, 1.165) is 9.80 Å². The summed E-state index contributed by atoms with van der Waals surface area (Å²) in [6, 6.07) is 21.2. The Kier molecular flexibility index (Phi) is 10.3. The van der Waals surface area contributed by atoms with E-state index in [1.807, 2.05) is 6.92 Å². The van der Waals surface area contributed by atoms with Crippen molar-refractivity contribution in [3.8, 4) is 0 Å². The van der Waals surface area contributed by atoms with Crippen LogP contribution < -0.4 is 9.80 Å². The maximum absolute atomic E-state index is 14.2. The Hall–Kier alpha value is -5.00. The third-order valence-corrected chi connectivity index (χ3v) is 9.40. The predicted molar refractivity (Wildman–Crippen MR) is 175 cm³/mol. The molecular formula is C37H38N2O9. The van der Waals surface area contributed by atoms with Crippen molar-refractivity contribution in [2.75, 3.05) is 31.1 Å². The number of amides is 4. The van der Waals surface area contributed by atoms with Gasteiger partial charge in [0.2, 0.25) is 23.6 Å². The molecule has 250 valence electrons. The summed E-state index contributed by atoms with van der Waals surface area (Å²) in [4.78, 5) is 84.3. The first-order valence-corrected chi connectivity index (χ1v) is 15.8. The van der Waals surface area contributed by atoms with Crippen molar-refractivity contribution < 1.29 is 43.0 Å². The molecule has 11 heteroatoms. The van der Waals surface area contributed by atoms with Crippen molar-refractivity contribution >= 4 is 46.8 Å².